The van der Waals surface area contributed by atoms with Crippen LogP contribution in [0.2, 0.25) is 51.4 Å². The maximum atomic E-state index is 10.1. The number of fused-ring (bicyclic) bond motifs is 3. The SMILES string of the molecule is CC(O)c1ncc(-c2cnn3c(N(COCC[Si](C)(C)C)COCC[Si](C)(C)C)cc(C4CC5CC[C@@H](C5)C4)nc23)s1. The van der Waals surface area contributed by atoms with Crippen LogP contribution >= 0.6 is 11.3 Å². The molecule has 2 aliphatic carbocycles. The Labute approximate surface area is 257 Å². The first-order valence-electron chi connectivity index (χ1n) is 15.8. The third-order valence-electron chi connectivity index (χ3n) is 8.73. The first-order chi connectivity index (χ1) is 19.9. The number of rotatable bonds is 14. The Balaban J connectivity index is 1.50. The maximum absolute atomic E-state index is 10.1. The molecule has 4 atom stereocenters. The van der Waals surface area contributed by atoms with Gasteiger partial charge in [-0.05, 0) is 50.1 Å². The van der Waals surface area contributed by atoms with Gasteiger partial charge in [-0.1, -0.05) is 52.1 Å². The Kier molecular flexibility index (Phi) is 9.95. The molecule has 2 saturated carbocycles. The summed E-state index contributed by atoms with van der Waals surface area (Å²) in [6, 6.07) is 4.51. The van der Waals surface area contributed by atoms with Crippen molar-refractivity contribution >= 4 is 38.9 Å². The Bertz CT molecular complexity index is 1300. The molecule has 0 radical (unpaired) electrons. The lowest BCUT2D eigenvalue weighted by Crippen LogP contribution is -2.33. The van der Waals surface area contributed by atoms with Gasteiger partial charge in [0, 0.05) is 53.2 Å². The quantitative estimate of drug-likeness (QED) is 0.111. The van der Waals surface area contributed by atoms with E-state index in [1.54, 1.807) is 6.92 Å². The third kappa shape index (κ3) is 8.09. The Morgan fingerprint density at radius 1 is 0.976 bits per heavy atom. The molecule has 2 bridgehead atoms. The number of thiazole rings is 1. The highest BCUT2D eigenvalue weighted by Gasteiger charge is 2.36. The topological polar surface area (TPSA) is 85.0 Å². The molecule has 8 nitrogen and oxygen atoms in total. The zero-order valence-electron chi connectivity index (χ0n) is 26.7. The Morgan fingerprint density at radius 3 is 2.14 bits per heavy atom. The van der Waals surface area contributed by atoms with Gasteiger partial charge in [-0.2, -0.15) is 9.61 Å². The molecule has 3 unspecified atom stereocenters. The summed E-state index contributed by atoms with van der Waals surface area (Å²) in [5.41, 5.74) is 2.96. The van der Waals surface area contributed by atoms with Crippen molar-refractivity contribution in [2.45, 2.75) is 102 Å². The molecule has 5 rings (SSSR count). The molecule has 0 aliphatic heterocycles. The van der Waals surface area contributed by atoms with Gasteiger partial charge in [0.25, 0.3) is 0 Å². The molecular formula is C31H51N5O3SSi2. The fourth-order valence-corrected chi connectivity index (χ4v) is 8.58. The van der Waals surface area contributed by atoms with Gasteiger partial charge in [0.05, 0.1) is 16.6 Å². The number of aromatic nitrogens is 4. The van der Waals surface area contributed by atoms with Crippen molar-refractivity contribution < 1.29 is 14.6 Å². The molecule has 0 saturated heterocycles. The largest absolute Gasteiger partial charge is 0.386 e. The van der Waals surface area contributed by atoms with Crippen LogP contribution in [0.5, 0.6) is 0 Å². The summed E-state index contributed by atoms with van der Waals surface area (Å²) in [6.45, 7) is 18.5. The second-order valence-corrected chi connectivity index (χ2v) is 27.3. The highest BCUT2D eigenvalue weighted by Crippen LogP contribution is 2.48. The summed E-state index contributed by atoms with van der Waals surface area (Å²) in [7, 11) is -2.41. The van der Waals surface area contributed by atoms with Gasteiger partial charge >= 0.3 is 0 Å². The highest BCUT2D eigenvalue weighted by molar-refractivity contribution is 7.15. The minimum atomic E-state index is -1.20. The molecule has 0 spiro atoms. The predicted octanol–water partition coefficient (Wildman–Crippen LogP) is 7.63. The molecule has 2 aliphatic rings. The first-order valence-corrected chi connectivity index (χ1v) is 24.0. The number of aliphatic hydroxyl groups excluding tert-OH is 1. The number of aliphatic hydroxyl groups is 1. The average Bonchev–Trinajstić information content (AvgIpc) is 3.64. The summed E-state index contributed by atoms with van der Waals surface area (Å²) in [5.74, 6) is 3.07. The Hall–Kier alpha value is -1.64. The lowest BCUT2D eigenvalue weighted by atomic mass is 9.79. The van der Waals surface area contributed by atoms with Gasteiger partial charge in [0.15, 0.2) is 5.65 Å². The molecule has 42 heavy (non-hydrogen) atoms. The molecule has 3 heterocycles. The molecule has 11 heteroatoms. The third-order valence-corrected chi connectivity index (χ3v) is 13.3. The van der Waals surface area contributed by atoms with Crippen molar-refractivity contribution in [3.8, 4) is 10.4 Å². The molecule has 0 amide bonds. The molecule has 3 aromatic rings. The van der Waals surface area contributed by atoms with E-state index in [2.05, 4.69) is 55.2 Å². The van der Waals surface area contributed by atoms with Gasteiger partial charge in [0.1, 0.15) is 30.4 Å². The van der Waals surface area contributed by atoms with E-state index < -0.39 is 22.3 Å². The monoisotopic (exact) mass is 629 g/mol. The van der Waals surface area contributed by atoms with Crippen molar-refractivity contribution in [2.75, 3.05) is 31.6 Å². The summed E-state index contributed by atoms with van der Waals surface area (Å²) < 4.78 is 14.6. The van der Waals surface area contributed by atoms with E-state index in [1.165, 1.54) is 43.4 Å². The van der Waals surface area contributed by atoms with Crippen LogP contribution in [0, 0.1) is 11.8 Å². The number of anilines is 1. The molecular weight excluding hydrogens is 579 g/mol. The van der Waals surface area contributed by atoms with Crippen LogP contribution in [0.1, 0.15) is 61.8 Å². The van der Waals surface area contributed by atoms with Gasteiger partial charge in [-0.15, -0.1) is 11.3 Å². The molecule has 232 valence electrons. The van der Waals surface area contributed by atoms with Crippen molar-refractivity contribution in [1.82, 2.24) is 19.6 Å². The number of nitrogens with zero attached hydrogens (tertiary/aromatic N) is 5. The summed E-state index contributed by atoms with van der Waals surface area (Å²) in [4.78, 5) is 13.0. The van der Waals surface area contributed by atoms with Gasteiger partial charge in [-0.25, -0.2) is 9.97 Å². The Morgan fingerprint density at radius 2 is 1.60 bits per heavy atom. The van der Waals surface area contributed by atoms with Crippen molar-refractivity contribution in [2.24, 2.45) is 11.8 Å². The van der Waals surface area contributed by atoms with Crippen LogP contribution in [-0.4, -0.2) is 67.5 Å². The summed E-state index contributed by atoms with van der Waals surface area (Å²) >= 11 is 1.51. The zero-order valence-corrected chi connectivity index (χ0v) is 29.5. The average molecular weight is 630 g/mol. The van der Waals surface area contributed by atoms with Gasteiger partial charge < -0.3 is 19.5 Å². The van der Waals surface area contributed by atoms with Crippen LogP contribution in [0.15, 0.2) is 18.5 Å². The van der Waals surface area contributed by atoms with E-state index in [-0.39, 0.29) is 0 Å². The van der Waals surface area contributed by atoms with Crippen LogP contribution in [-0.2, 0) is 9.47 Å². The standard InChI is InChI=1S/C31H51N5O3SSi2/c1-22(37)31-32-19-28(40-31)26-18-33-36-29(17-27(34-30(26)36)25-15-23-8-9-24(14-23)16-25)35(20-38-10-12-41(2,3)4)21-39-11-13-42(5,6)7/h17-19,22-25,37H,8-16,20-21H2,1-7H3/t22?,23-,24?,25?/m0/s1. The van der Waals surface area contributed by atoms with Crippen LogP contribution in [0.3, 0.4) is 0 Å². The summed E-state index contributed by atoms with van der Waals surface area (Å²) in [6.07, 6.45) is 9.68. The fourth-order valence-electron chi connectivity index (χ4n) is 6.20. The normalized spacial score (nSPS) is 21.8. The smallest absolute Gasteiger partial charge is 0.166 e. The lowest BCUT2D eigenvalue weighted by molar-refractivity contribution is 0.0942. The van der Waals surface area contributed by atoms with Gasteiger partial charge in [-0.3, -0.25) is 0 Å². The fraction of sp³-hybridized carbons (Fsp3) is 0.710. The molecule has 0 aromatic carbocycles. The van der Waals surface area contributed by atoms with Crippen LogP contribution in [0.4, 0.5) is 5.82 Å². The van der Waals surface area contributed by atoms with Crippen molar-refractivity contribution in [3.63, 3.8) is 0 Å². The number of ether oxygens (including phenoxy) is 2. The second kappa shape index (κ2) is 13.2. The second-order valence-electron chi connectivity index (χ2n) is 15.0. The first kappa shape index (κ1) is 31.8. The van der Waals surface area contributed by atoms with E-state index in [9.17, 15) is 5.11 Å². The van der Waals surface area contributed by atoms with Gasteiger partial charge in [0.2, 0.25) is 0 Å². The summed E-state index contributed by atoms with van der Waals surface area (Å²) in [5, 5.41) is 15.7. The van der Waals surface area contributed by atoms with Crippen LogP contribution < -0.4 is 4.90 Å². The molecule has 3 aromatic heterocycles. The van der Waals surface area contributed by atoms with E-state index in [1.807, 2.05) is 16.9 Å². The number of hydrogen-bond donors (Lipinski definition) is 1. The van der Waals surface area contributed by atoms with E-state index in [4.69, 9.17) is 19.6 Å². The lowest BCUT2D eigenvalue weighted by Gasteiger charge is -2.30. The maximum Gasteiger partial charge on any atom is 0.166 e. The van der Waals surface area contributed by atoms with E-state index >= 15 is 0 Å². The minimum absolute atomic E-state index is 0.452. The van der Waals surface area contributed by atoms with Crippen molar-refractivity contribution in [1.29, 1.82) is 0 Å². The van der Waals surface area contributed by atoms with E-state index in [0.29, 0.717) is 24.4 Å². The molecule has 1 N–H and O–H groups in total. The van der Waals surface area contributed by atoms with E-state index in [0.717, 1.165) is 64.7 Å². The van der Waals surface area contributed by atoms with Crippen molar-refractivity contribution in [3.05, 3.63) is 29.2 Å². The minimum Gasteiger partial charge on any atom is -0.386 e. The van der Waals surface area contributed by atoms with Crippen LogP contribution in [0.25, 0.3) is 16.1 Å². The predicted molar refractivity (Wildman–Crippen MR) is 178 cm³/mol. The number of hydrogen-bond acceptors (Lipinski definition) is 8. The zero-order chi connectivity index (χ0) is 30.1. The highest BCUT2D eigenvalue weighted by atomic mass is 32.1. The molecule has 2 fully saturated rings.